The van der Waals surface area contributed by atoms with E-state index in [4.69, 9.17) is 16.3 Å². The minimum atomic E-state index is -4.52. The zero-order valence-corrected chi connectivity index (χ0v) is 13.4. The molecular formula is C14H6BrClF3N3O. The molecule has 0 saturated heterocycles. The molecule has 4 nitrogen and oxygen atoms in total. The van der Waals surface area contributed by atoms with Gasteiger partial charge in [0.2, 0.25) is 0 Å². The van der Waals surface area contributed by atoms with E-state index in [0.717, 1.165) is 6.07 Å². The van der Waals surface area contributed by atoms with Crippen LogP contribution in [0.1, 0.15) is 5.69 Å². The molecule has 0 atom stereocenters. The number of nitrogens with zero attached hydrogens (tertiary/aromatic N) is 3. The summed E-state index contributed by atoms with van der Waals surface area (Å²) in [4.78, 5) is 11.4. The Hall–Kier alpha value is -1.93. The first-order valence-electron chi connectivity index (χ1n) is 6.16. The van der Waals surface area contributed by atoms with E-state index in [1.807, 2.05) is 0 Å². The monoisotopic (exact) mass is 403 g/mol. The predicted molar refractivity (Wildman–Crippen MR) is 81.6 cm³/mol. The molecular weight excluding hydrogens is 399 g/mol. The van der Waals surface area contributed by atoms with E-state index in [9.17, 15) is 13.2 Å². The maximum absolute atomic E-state index is 12.8. The van der Waals surface area contributed by atoms with E-state index in [-0.39, 0.29) is 17.3 Å². The van der Waals surface area contributed by atoms with Crippen LogP contribution in [-0.4, -0.2) is 15.0 Å². The van der Waals surface area contributed by atoms with Crippen molar-refractivity contribution in [3.05, 3.63) is 51.8 Å². The lowest BCUT2D eigenvalue weighted by molar-refractivity contribution is -0.140. The van der Waals surface area contributed by atoms with Crippen molar-refractivity contribution in [2.75, 3.05) is 0 Å². The molecule has 0 saturated carbocycles. The molecule has 1 aromatic carbocycles. The van der Waals surface area contributed by atoms with Gasteiger partial charge in [-0.25, -0.2) is 15.0 Å². The Morgan fingerprint density at radius 1 is 1.04 bits per heavy atom. The zero-order valence-electron chi connectivity index (χ0n) is 11.1. The quantitative estimate of drug-likeness (QED) is 0.585. The molecule has 2 heterocycles. The van der Waals surface area contributed by atoms with Crippen LogP contribution in [0.4, 0.5) is 13.2 Å². The smallest absolute Gasteiger partial charge is 0.424 e. The Morgan fingerprint density at radius 2 is 1.74 bits per heavy atom. The molecule has 0 N–H and O–H groups in total. The second-order valence-corrected chi connectivity index (χ2v) is 5.71. The summed E-state index contributed by atoms with van der Waals surface area (Å²) in [5.41, 5.74) is -0.850. The first-order chi connectivity index (χ1) is 10.8. The molecule has 0 aliphatic heterocycles. The van der Waals surface area contributed by atoms with E-state index >= 15 is 0 Å². The molecule has 0 bridgehead atoms. The van der Waals surface area contributed by atoms with Gasteiger partial charge in [0, 0.05) is 9.86 Å². The van der Waals surface area contributed by atoms with Crippen LogP contribution in [0, 0.1) is 0 Å². The summed E-state index contributed by atoms with van der Waals surface area (Å²) < 4.78 is 44.3. The minimum Gasteiger partial charge on any atom is -0.424 e. The van der Waals surface area contributed by atoms with Crippen LogP contribution in [0.3, 0.4) is 0 Å². The van der Waals surface area contributed by atoms with Crippen LogP contribution < -0.4 is 4.74 Å². The standard InChI is InChI=1S/C14H6BrClF3N3O/c15-9-2-3-10(23-13-20-5-7(16)6-21-13)8-1-4-11(14(17,18)19)22-12(8)9/h1-6H. The van der Waals surface area contributed by atoms with E-state index < -0.39 is 11.9 Å². The van der Waals surface area contributed by atoms with Gasteiger partial charge in [0.05, 0.1) is 22.9 Å². The van der Waals surface area contributed by atoms with Crippen LogP contribution in [0.15, 0.2) is 41.1 Å². The Balaban J connectivity index is 2.08. The molecule has 23 heavy (non-hydrogen) atoms. The molecule has 0 aliphatic carbocycles. The molecule has 2 aromatic heterocycles. The van der Waals surface area contributed by atoms with Crippen molar-refractivity contribution in [3.63, 3.8) is 0 Å². The fourth-order valence-electron chi connectivity index (χ4n) is 1.86. The van der Waals surface area contributed by atoms with Gasteiger partial charge in [0.1, 0.15) is 11.4 Å². The van der Waals surface area contributed by atoms with Crippen LogP contribution in [0.5, 0.6) is 11.8 Å². The van der Waals surface area contributed by atoms with Crippen LogP contribution in [0.2, 0.25) is 5.02 Å². The van der Waals surface area contributed by atoms with Crippen LogP contribution in [-0.2, 0) is 6.18 Å². The second kappa shape index (κ2) is 5.93. The van der Waals surface area contributed by atoms with Gasteiger partial charge in [-0.1, -0.05) is 11.6 Å². The highest BCUT2D eigenvalue weighted by Gasteiger charge is 2.32. The molecule has 0 amide bonds. The van der Waals surface area contributed by atoms with Crippen molar-refractivity contribution in [1.82, 2.24) is 15.0 Å². The van der Waals surface area contributed by atoms with Gasteiger partial charge in [-0.2, -0.15) is 13.2 Å². The van der Waals surface area contributed by atoms with E-state index in [1.165, 1.54) is 18.5 Å². The Morgan fingerprint density at radius 3 is 2.39 bits per heavy atom. The lowest BCUT2D eigenvalue weighted by Crippen LogP contribution is -2.07. The zero-order chi connectivity index (χ0) is 16.6. The van der Waals surface area contributed by atoms with Crippen molar-refractivity contribution in [1.29, 1.82) is 0 Å². The molecule has 0 spiro atoms. The first-order valence-corrected chi connectivity index (χ1v) is 7.33. The Kier molecular flexibility index (Phi) is 4.11. The van der Waals surface area contributed by atoms with Gasteiger partial charge in [-0.05, 0) is 40.2 Å². The normalized spacial score (nSPS) is 11.7. The third-order valence-electron chi connectivity index (χ3n) is 2.86. The van der Waals surface area contributed by atoms with Crippen molar-refractivity contribution in [2.24, 2.45) is 0 Å². The fraction of sp³-hybridized carbons (Fsp3) is 0.0714. The number of aromatic nitrogens is 3. The van der Waals surface area contributed by atoms with Crippen LogP contribution >= 0.6 is 27.5 Å². The van der Waals surface area contributed by atoms with Crippen molar-refractivity contribution in [2.45, 2.75) is 6.18 Å². The Bertz CT molecular complexity index is 872. The summed E-state index contributed by atoms with van der Waals surface area (Å²) in [6.07, 6.45) is -1.82. The predicted octanol–water partition coefficient (Wildman–Crippen LogP) is 5.25. The highest BCUT2D eigenvalue weighted by molar-refractivity contribution is 9.10. The number of fused-ring (bicyclic) bond motifs is 1. The summed E-state index contributed by atoms with van der Waals surface area (Å²) in [6, 6.07) is 5.34. The topological polar surface area (TPSA) is 47.9 Å². The second-order valence-electron chi connectivity index (χ2n) is 4.42. The lowest BCUT2D eigenvalue weighted by atomic mass is 10.2. The molecule has 3 rings (SSSR count). The van der Waals surface area contributed by atoms with E-state index in [1.54, 1.807) is 12.1 Å². The van der Waals surface area contributed by atoms with Crippen LogP contribution in [0.25, 0.3) is 10.9 Å². The van der Waals surface area contributed by atoms with Gasteiger partial charge in [-0.3, -0.25) is 0 Å². The number of alkyl halides is 3. The van der Waals surface area contributed by atoms with Crippen molar-refractivity contribution < 1.29 is 17.9 Å². The van der Waals surface area contributed by atoms with Gasteiger partial charge < -0.3 is 4.74 Å². The third kappa shape index (κ3) is 3.37. The molecule has 3 aromatic rings. The Labute approximate surface area is 141 Å². The average Bonchev–Trinajstić information content (AvgIpc) is 2.51. The summed E-state index contributed by atoms with van der Waals surface area (Å²) in [6.45, 7) is 0. The maximum atomic E-state index is 12.8. The molecule has 0 fully saturated rings. The summed E-state index contributed by atoms with van der Waals surface area (Å²) in [5.74, 6) is 0.284. The summed E-state index contributed by atoms with van der Waals surface area (Å²) >= 11 is 8.88. The number of pyridine rings is 1. The summed E-state index contributed by atoms with van der Waals surface area (Å²) in [7, 11) is 0. The van der Waals surface area contributed by atoms with Gasteiger partial charge in [0.25, 0.3) is 0 Å². The molecule has 9 heteroatoms. The highest BCUT2D eigenvalue weighted by atomic mass is 79.9. The number of benzene rings is 1. The SMILES string of the molecule is FC(F)(F)c1ccc2c(Oc3ncc(Cl)cn3)ccc(Br)c2n1. The fourth-order valence-corrected chi connectivity index (χ4v) is 2.39. The molecule has 0 radical (unpaired) electrons. The molecule has 0 unspecified atom stereocenters. The van der Waals surface area contributed by atoms with E-state index in [2.05, 4.69) is 30.9 Å². The van der Waals surface area contributed by atoms with Gasteiger partial charge in [-0.15, -0.1) is 0 Å². The minimum absolute atomic E-state index is 0.0259. The lowest BCUT2D eigenvalue weighted by Gasteiger charge is -2.11. The maximum Gasteiger partial charge on any atom is 0.433 e. The number of hydrogen-bond acceptors (Lipinski definition) is 4. The highest BCUT2D eigenvalue weighted by Crippen LogP contribution is 2.35. The first kappa shape index (κ1) is 15.9. The number of ether oxygens (including phenoxy) is 1. The molecule has 118 valence electrons. The molecule has 0 aliphatic rings. The average molecular weight is 405 g/mol. The largest absolute Gasteiger partial charge is 0.433 e. The van der Waals surface area contributed by atoms with Crippen molar-refractivity contribution >= 4 is 38.4 Å². The third-order valence-corrected chi connectivity index (χ3v) is 3.69. The van der Waals surface area contributed by atoms with Gasteiger partial charge >= 0.3 is 12.2 Å². The van der Waals surface area contributed by atoms with Gasteiger partial charge in [0.15, 0.2) is 0 Å². The number of halogens is 5. The van der Waals surface area contributed by atoms with Crippen molar-refractivity contribution in [3.8, 4) is 11.8 Å². The number of rotatable bonds is 2. The van der Waals surface area contributed by atoms with E-state index in [0.29, 0.717) is 14.9 Å². The number of hydrogen-bond donors (Lipinski definition) is 0. The summed E-state index contributed by atoms with van der Waals surface area (Å²) in [5, 5.41) is 0.737.